The molecule has 24 heavy (non-hydrogen) atoms. The molecule has 0 spiro atoms. The molecule has 10 heteroatoms. The summed E-state index contributed by atoms with van der Waals surface area (Å²) in [5.74, 6) is -1.82. The second-order valence-corrected chi connectivity index (χ2v) is 5.61. The summed E-state index contributed by atoms with van der Waals surface area (Å²) in [6, 6.07) is 4.75. The van der Waals surface area contributed by atoms with Crippen LogP contribution in [-0.4, -0.2) is 31.5 Å². The third-order valence-electron chi connectivity index (χ3n) is 3.15. The van der Waals surface area contributed by atoms with Gasteiger partial charge in [0.1, 0.15) is 0 Å². The van der Waals surface area contributed by atoms with E-state index in [1.165, 1.54) is 16.7 Å². The van der Waals surface area contributed by atoms with Crippen molar-refractivity contribution >= 4 is 39.1 Å². The quantitative estimate of drug-likeness (QED) is 0.516. The molecule has 0 aliphatic heterocycles. The third-order valence-corrected chi connectivity index (χ3v) is 3.64. The van der Waals surface area contributed by atoms with Gasteiger partial charge in [0, 0.05) is 22.4 Å². The first-order chi connectivity index (χ1) is 11.0. The number of rotatable bonds is 3. The Hall–Kier alpha value is -2.21. The van der Waals surface area contributed by atoms with E-state index in [0.717, 1.165) is 4.47 Å². The number of fused-ring (bicyclic) bond motifs is 1. The molecule has 0 radical (unpaired) electrons. The summed E-state index contributed by atoms with van der Waals surface area (Å²) in [5, 5.41) is 21.2. The summed E-state index contributed by atoms with van der Waals surface area (Å²) in [4.78, 5) is 27.2. The Bertz CT molecular complexity index is 943. The van der Waals surface area contributed by atoms with Crippen LogP contribution in [0.3, 0.4) is 0 Å². The Morgan fingerprint density at radius 1 is 1.29 bits per heavy atom. The molecule has 0 atom stereocenters. The number of halogens is 1. The molecule has 3 rings (SSSR count). The second-order valence-electron chi connectivity index (χ2n) is 4.70. The number of anilines is 1. The molecule has 0 aliphatic rings. The van der Waals surface area contributed by atoms with E-state index >= 15 is 0 Å². The maximum Gasteiger partial charge on any atom is 1.00 e. The number of carboxylic acids is 1. The largest absolute Gasteiger partial charge is 1.00 e. The average molecular weight is 382 g/mol. The van der Waals surface area contributed by atoms with Crippen LogP contribution in [0.25, 0.3) is 5.65 Å². The van der Waals surface area contributed by atoms with Crippen molar-refractivity contribution < 1.29 is 33.6 Å². The van der Waals surface area contributed by atoms with Crippen molar-refractivity contribution in [2.75, 3.05) is 5.32 Å². The van der Waals surface area contributed by atoms with Crippen molar-refractivity contribution in [1.29, 1.82) is 0 Å². The zero-order chi connectivity index (χ0) is 16.6. The maximum atomic E-state index is 12.4. The molecule has 0 saturated carbocycles. The SMILES string of the molecule is Cc1ncc(C(=O)[O-])cc1NC(=O)c1nnc2cc(Br)ccn12.[Li+]. The normalized spacial score (nSPS) is 10.2. The van der Waals surface area contributed by atoms with Gasteiger partial charge in [-0.25, -0.2) is 0 Å². The minimum absolute atomic E-state index is 0. The van der Waals surface area contributed by atoms with Crippen LogP contribution in [-0.2, 0) is 0 Å². The molecule has 3 aromatic heterocycles. The molecular formula is C14H9BrLiN5O3. The molecule has 0 aliphatic carbocycles. The van der Waals surface area contributed by atoms with Crippen molar-refractivity contribution in [1.82, 2.24) is 19.6 Å². The summed E-state index contributed by atoms with van der Waals surface area (Å²) >= 11 is 3.31. The Morgan fingerprint density at radius 3 is 2.75 bits per heavy atom. The summed E-state index contributed by atoms with van der Waals surface area (Å²) < 4.78 is 2.33. The fourth-order valence-corrected chi connectivity index (χ4v) is 2.29. The number of carbonyl (C=O) groups is 2. The van der Waals surface area contributed by atoms with E-state index in [0.29, 0.717) is 11.3 Å². The van der Waals surface area contributed by atoms with E-state index in [-0.39, 0.29) is 35.9 Å². The van der Waals surface area contributed by atoms with Gasteiger partial charge in [0.05, 0.1) is 17.4 Å². The van der Waals surface area contributed by atoms with Crippen molar-refractivity contribution in [3.8, 4) is 0 Å². The Kier molecular flexibility index (Phi) is 5.39. The van der Waals surface area contributed by atoms with Crippen molar-refractivity contribution in [3.63, 3.8) is 0 Å². The van der Waals surface area contributed by atoms with Gasteiger partial charge in [-0.2, -0.15) is 0 Å². The number of aromatic carboxylic acids is 1. The Balaban J connectivity index is 0.00000208. The fraction of sp³-hybridized carbons (Fsp3) is 0.0714. The monoisotopic (exact) mass is 381 g/mol. The zero-order valence-corrected chi connectivity index (χ0v) is 14.4. The number of carbonyl (C=O) groups excluding carboxylic acids is 2. The predicted molar refractivity (Wildman–Crippen MR) is 81.9 cm³/mol. The molecule has 0 fully saturated rings. The molecule has 0 aromatic carbocycles. The van der Waals surface area contributed by atoms with E-state index in [1.807, 2.05) is 0 Å². The standard InChI is InChI=1S/C14H10BrN5O3.Li/c1-7-10(4-8(6-16-7)14(22)23)17-13(21)12-19-18-11-5-9(15)2-3-20(11)12;/h2-6H,1H3,(H,17,21)(H,22,23);/q;+1/p-1. The van der Waals surface area contributed by atoms with Gasteiger partial charge in [0.15, 0.2) is 5.65 Å². The fourth-order valence-electron chi connectivity index (χ4n) is 1.97. The number of amides is 1. The van der Waals surface area contributed by atoms with Crippen molar-refractivity contribution in [3.05, 3.63) is 52.1 Å². The van der Waals surface area contributed by atoms with Gasteiger partial charge in [0.25, 0.3) is 5.91 Å². The van der Waals surface area contributed by atoms with Crippen LogP contribution >= 0.6 is 15.9 Å². The van der Waals surface area contributed by atoms with E-state index < -0.39 is 11.9 Å². The van der Waals surface area contributed by atoms with Crippen LogP contribution in [0.15, 0.2) is 35.1 Å². The van der Waals surface area contributed by atoms with Crippen molar-refractivity contribution in [2.45, 2.75) is 6.92 Å². The van der Waals surface area contributed by atoms with Gasteiger partial charge >= 0.3 is 18.9 Å². The van der Waals surface area contributed by atoms with E-state index in [4.69, 9.17) is 0 Å². The number of hydrogen-bond donors (Lipinski definition) is 1. The first-order valence-electron chi connectivity index (χ1n) is 6.45. The number of nitrogens with zero attached hydrogens (tertiary/aromatic N) is 4. The molecule has 3 aromatic rings. The Labute approximate surface area is 156 Å². The van der Waals surface area contributed by atoms with E-state index in [1.54, 1.807) is 25.3 Å². The Morgan fingerprint density at radius 2 is 2.04 bits per heavy atom. The van der Waals surface area contributed by atoms with Crippen molar-refractivity contribution in [2.24, 2.45) is 0 Å². The summed E-state index contributed by atoms with van der Waals surface area (Å²) in [7, 11) is 0. The first kappa shape index (κ1) is 18.1. The zero-order valence-electron chi connectivity index (χ0n) is 12.8. The molecule has 0 unspecified atom stereocenters. The van der Waals surface area contributed by atoms with Gasteiger partial charge in [-0.3, -0.25) is 14.2 Å². The van der Waals surface area contributed by atoms with E-state index in [9.17, 15) is 14.7 Å². The van der Waals surface area contributed by atoms with Crippen LogP contribution < -0.4 is 29.3 Å². The molecule has 116 valence electrons. The minimum Gasteiger partial charge on any atom is -0.545 e. The van der Waals surface area contributed by atoms with E-state index in [2.05, 4.69) is 36.4 Å². The molecule has 3 heterocycles. The summed E-state index contributed by atoms with van der Waals surface area (Å²) in [5.41, 5.74) is 1.12. The first-order valence-corrected chi connectivity index (χ1v) is 7.24. The number of aryl methyl sites for hydroxylation is 1. The molecule has 1 amide bonds. The van der Waals surface area contributed by atoms with Gasteiger partial charge in [0.2, 0.25) is 5.82 Å². The van der Waals surface area contributed by atoms with Gasteiger partial charge in [-0.15, -0.1) is 10.2 Å². The maximum absolute atomic E-state index is 12.4. The second kappa shape index (κ2) is 7.13. The molecule has 0 bridgehead atoms. The minimum atomic E-state index is -1.37. The third kappa shape index (κ3) is 3.48. The summed E-state index contributed by atoms with van der Waals surface area (Å²) in [6.07, 6.45) is 2.82. The number of hydrogen-bond acceptors (Lipinski definition) is 6. The van der Waals surface area contributed by atoms with Gasteiger partial charge in [-0.05, 0) is 25.1 Å². The van der Waals surface area contributed by atoms with Crippen LogP contribution in [0.5, 0.6) is 0 Å². The number of aromatic nitrogens is 4. The molecule has 1 N–H and O–H groups in total. The smallest absolute Gasteiger partial charge is 0.545 e. The van der Waals surface area contributed by atoms with Gasteiger partial charge in [-0.1, -0.05) is 15.9 Å². The van der Waals surface area contributed by atoms with Crippen LogP contribution in [0.4, 0.5) is 5.69 Å². The number of nitrogens with one attached hydrogen (secondary N) is 1. The van der Waals surface area contributed by atoms with Gasteiger partial charge < -0.3 is 15.2 Å². The predicted octanol–water partition coefficient (Wildman–Crippen LogP) is -2.18. The average Bonchev–Trinajstić information content (AvgIpc) is 2.92. The van der Waals surface area contributed by atoms with Crippen LogP contribution in [0, 0.1) is 6.92 Å². The topological polar surface area (TPSA) is 112 Å². The summed E-state index contributed by atoms with van der Waals surface area (Å²) in [6.45, 7) is 1.65. The molecular weight excluding hydrogens is 373 g/mol. The molecule has 0 saturated heterocycles. The van der Waals surface area contributed by atoms with Crippen LogP contribution in [0.2, 0.25) is 0 Å². The molecule has 8 nitrogen and oxygen atoms in total. The number of carboxylic acid groups (broad SMARTS) is 1. The number of pyridine rings is 2. The van der Waals surface area contributed by atoms with Crippen LogP contribution in [0.1, 0.15) is 26.7 Å².